The van der Waals surface area contributed by atoms with E-state index in [9.17, 15) is 9.90 Å². The summed E-state index contributed by atoms with van der Waals surface area (Å²) >= 11 is 5.85. The maximum absolute atomic E-state index is 11.4. The molecule has 1 saturated heterocycles. The highest BCUT2D eigenvalue weighted by Gasteiger charge is 2.37. The molecule has 0 saturated carbocycles. The van der Waals surface area contributed by atoms with Gasteiger partial charge in [0.15, 0.2) is 0 Å². The fraction of sp³-hybridized carbons (Fsp3) is 0.462. The number of aliphatic hydroxyl groups is 1. The van der Waals surface area contributed by atoms with Crippen LogP contribution in [-0.4, -0.2) is 34.6 Å². The molecule has 1 amide bonds. The Morgan fingerprint density at radius 2 is 2.11 bits per heavy atom. The zero-order valence-electron chi connectivity index (χ0n) is 10.2. The third kappa shape index (κ3) is 2.66. The van der Waals surface area contributed by atoms with Crippen molar-refractivity contribution in [2.75, 3.05) is 6.54 Å². The zero-order chi connectivity index (χ0) is 13.3. The van der Waals surface area contributed by atoms with E-state index in [0.29, 0.717) is 18.0 Å². The summed E-state index contributed by atoms with van der Waals surface area (Å²) < 4.78 is 0. The summed E-state index contributed by atoms with van der Waals surface area (Å²) in [5.74, 6) is -0.382. The molecule has 0 radical (unpaired) electrons. The quantitative estimate of drug-likeness (QED) is 0.869. The van der Waals surface area contributed by atoms with E-state index in [0.717, 1.165) is 5.56 Å². The Balaban J connectivity index is 2.19. The average molecular weight is 269 g/mol. The van der Waals surface area contributed by atoms with E-state index < -0.39 is 12.1 Å². The maximum atomic E-state index is 11.4. The highest BCUT2D eigenvalue weighted by atomic mass is 35.5. The molecule has 3 N–H and O–H groups in total. The lowest BCUT2D eigenvalue weighted by molar-refractivity contribution is -0.122. The number of primary amides is 1. The van der Waals surface area contributed by atoms with E-state index in [1.807, 2.05) is 36.1 Å². The van der Waals surface area contributed by atoms with Crippen LogP contribution in [0.25, 0.3) is 0 Å². The van der Waals surface area contributed by atoms with Gasteiger partial charge in [-0.05, 0) is 31.0 Å². The Morgan fingerprint density at radius 1 is 1.50 bits per heavy atom. The van der Waals surface area contributed by atoms with Crippen molar-refractivity contribution < 1.29 is 9.90 Å². The number of aliphatic hydroxyl groups excluding tert-OH is 1. The number of carbonyl (C=O) groups is 1. The van der Waals surface area contributed by atoms with Crippen LogP contribution in [0.3, 0.4) is 0 Å². The van der Waals surface area contributed by atoms with Gasteiger partial charge in [-0.25, -0.2) is 0 Å². The Morgan fingerprint density at radius 3 is 2.67 bits per heavy atom. The van der Waals surface area contributed by atoms with Crippen molar-refractivity contribution in [3.8, 4) is 0 Å². The van der Waals surface area contributed by atoms with E-state index in [1.165, 1.54) is 0 Å². The van der Waals surface area contributed by atoms with Gasteiger partial charge in [-0.1, -0.05) is 23.7 Å². The second-order valence-electron chi connectivity index (χ2n) is 4.73. The molecule has 1 aliphatic heterocycles. The third-order valence-electron chi connectivity index (χ3n) is 3.50. The van der Waals surface area contributed by atoms with E-state index in [1.54, 1.807) is 0 Å². The van der Waals surface area contributed by atoms with Crippen molar-refractivity contribution in [2.24, 2.45) is 5.73 Å². The number of hydrogen-bond acceptors (Lipinski definition) is 3. The van der Waals surface area contributed by atoms with Crippen molar-refractivity contribution in [2.45, 2.75) is 31.5 Å². The molecule has 2 rings (SSSR count). The van der Waals surface area contributed by atoms with E-state index in [-0.39, 0.29) is 11.9 Å². The maximum Gasteiger partial charge on any atom is 0.234 e. The fourth-order valence-corrected chi connectivity index (χ4v) is 2.60. The summed E-state index contributed by atoms with van der Waals surface area (Å²) in [4.78, 5) is 13.3. The van der Waals surface area contributed by atoms with E-state index >= 15 is 0 Å². The van der Waals surface area contributed by atoms with Crippen LogP contribution in [0.15, 0.2) is 24.3 Å². The van der Waals surface area contributed by atoms with Crippen LogP contribution in [-0.2, 0) is 4.79 Å². The molecule has 0 aliphatic carbocycles. The van der Waals surface area contributed by atoms with Gasteiger partial charge in [0.05, 0.1) is 12.1 Å². The summed E-state index contributed by atoms with van der Waals surface area (Å²) in [5.41, 5.74) is 6.43. The number of carbonyl (C=O) groups excluding carboxylic acids is 1. The van der Waals surface area contributed by atoms with Crippen molar-refractivity contribution >= 4 is 17.5 Å². The average Bonchev–Trinajstić information content (AvgIpc) is 2.71. The summed E-state index contributed by atoms with van der Waals surface area (Å²) in [6.45, 7) is 2.47. The molecular formula is C13H17ClN2O2. The minimum atomic E-state index is -0.489. The van der Waals surface area contributed by atoms with Gasteiger partial charge >= 0.3 is 0 Å². The van der Waals surface area contributed by atoms with Gasteiger partial charge in [0.1, 0.15) is 0 Å². The number of benzene rings is 1. The molecule has 98 valence electrons. The van der Waals surface area contributed by atoms with Crippen LogP contribution in [0.1, 0.15) is 24.9 Å². The molecule has 1 fully saturated rings. The second kappa shape index (κ2) is 5.26. The number of nitrogens with zero attached hydrogens (tertiary/aromatic N) is 1. The van der Waals surface area contributed by atoms with Crippen LogP contribution in [0.2, 0.25) is 5.02 Å². The Bertz CT molecular complexity index is 435. The molecule has 1 aromatic rings. The first-order chi connectivity index (χ1) is 8.49. The van der Waals surface area contributed by atoms with Crippen LogP contribution < -0.4 is 5.73 Å². The molecule has 2 unspecified atom stereocenters. The lowest BCUT2D eigenvalue weighted by atomic mass is 10.1. The lowest BCUT2D eigenvalue weighted by Gasteiger charge is -2.28. The molecule has 1 aliphatic rings. The topological polar surface area (TPSA) is 66.6 Å². The summed E-state index contributed by atoms with van der Waals surface area (Å²) in [6, 6.07) is 7.12. The third-order valence-corrected chi connectivity index (χ3v) is 3.75. The molecule has 1 heterocycles. The standard InChI is InChI=1S/C13H17ClN2O2/c1-8(9-2-4-10(14)5-3-9)16-7-11(17)6-12(16)13(15)18/h2-5,8,11-12,17H,6-7H2,1H3,(H2,15,18)/t8-,11?,12?/m0/s1. The van der Waals surface area contributed by atoms with Crippen LogP contribution >= 0.6 is 11.6 Å². The number of halogens is 1. The van der Waals surface area contributed by atoms with Gasteiger partial charge in [-0.15, -0.1) is 0 Å². The van der Waals surface area contributed by atoms with Crippen molar-refractivity contribution in [3.05, 3.63) is 34.9 Å². The smallest absolute Gasteiger partial charge is 0.234 e. The minimum Gasteiger partial charge on any atom is -0.392 e. The number of likely N-dealkylation sites (tertiary alicyclic amines) is 1. The summed E-state index contributed by atoms with van der Waals surface area (Å²) in [6.07, 6.45) is -0.0787. The largest absolute Gasteiger partial charge is 0.392 e. The molecule has 18 heavy (non-hydrogen) atoms. The van der Waals surface area contributed by atoms with Gasteiger partial charge in [0, 0.05) is 17.6 Å². The molecule has 0 spiro atoms. The monoisotopic (exact) mass is 268 g/mol. The zero-order valence-corrected chi connectivity index (χ0v) is 11.0. The van der Waals surface area contributed by atoms with Crippen LogP contribution in [0.4, 0.5) is 0 Å². The number of nitrogens with two attached hydrogens (primary N) is 1. The van der Waals surface area contributed by atoms with Crippen molar-refractivity contribution in [3.63, 3.8) is 0 Å². The molecule has 0 aromatic heterocycles. The van der Waals surface area contributed by atoms with E-state index in [4.69, 9.17) is 17.3 Å². The molecule has 1 aromatic carbocycles. The minimum absolute atomic E-state index is 0.0249. The normalized spacial score (nSPS) is 26.2. The van der Waals surface area contributed by atoms with Crippen LogP contribution in [0.5, 0.6) is 0 Å². The Labute approximate surface area is 111 Å². The first kappa shape index (κ1) is 13.3. The first-order valence-corrected chi connectivity index (χ1v) is 6.35. The van der Waals surface area contributed by atoms with Gasteiger partial charge in [0.25, 0.3) is 0 Å². The predicted molar refractivity (Wildman–Crippen MR) is 70.2 cm³/mol. The highest BCUT2D eigenvalue weighted by Crippen LogP contribution is 2.29. The highest BCUT2D eigenvalue weighted by molar-refractivity contribution is 6.30. The molecule has 4 nitrogen and oxygen atoms in total. The lowest BCUT2D eigenvalue weighted by Crippen LogP contribution is -2.41. The number of hydrogen-bond donors (Lipinski definition) is 2. The number of rotatable bonds is 3. The summed E-state index contributed by atoms with van der Waals surface area (Å²) in [5, 5.41) is 10.4. The van der Waals surface area contributed by atoms with Gasteiger partial charge in [-0.2, -0.15) is 0 Å². The number of amides is 1. The summed E-state index contributed by atoms with van der Waals surface area (Å²) in [7, 11) is 0. The Hall–Kier alpha value is -1.10. The van der Waals surface area contributed by atoms with Gasteiger partial charge < -0.3 is 10.8 Å². The molecule has 3 atom stereocenters. The van der Waals surface area contributed by atoms with Gasteiger partial charge in [-0.3, -0.25) is 9.69 Å². The van der Waals surface area contributed by atoms with Crippen LogP contribution in [0, 0.1) is 0 Å². The SMILES string of the molecule is C[C@@H](c1ccc(Cl)cc1)N1CC(O)CC1C(N)=O. The van der Waals surface area contributed by atoms with Gasteiger partial charge in [0.2, 0.25) is 5.91 Å². The van der Waals surface area contributed by atoms with Crippen molar-refractivity contribution in [1.29, 1.82) is 0 Å². The second-order valence-corrected chi connectivity index (χ2v) is 5.17. The molecule has 5 heteroatoms. The Kier molecular flexibility index (Phi) is 3.90. The van der Waals surface area contributed by atoms with E-state index in [2.05, 4.69) is 0 Å². The molecular weight excluding hydrogens is 252 g/mol. The molecule has 0 bridgehead atoms. The predicted octanol–water partition coefficient (Wildman–Crippen LogP) is 1.32. The fourth-order valence-electron chi connectivity index (χ4n) is 2.48. The first-order valence-electron chi connectivity index (χ1n) is 5.97. The van der Waals surface area contributed by atoms with Crippen molar-refractivity contribution in [1.82, 2.24) is 4.90 Å². The number of β-amino-alcohol motifs (C(OH)–C–C–N with tert-alkyl or cyclic N) is 1.